The maximum atomic E-state index is 13.0. The Bertz CT molecular complexity index is 3440. The third-order valence-corrected chi connectivity index (χ3v) is 15.1. The SMILES string of the molecule is N#CC(=Cc1ccc(-c2ccc(C=Cc3ccc(N(c4ccccc4)c4ccccc4)cc3)s2)cc1)O[PH](=O)OC(C#N)=Cc1ccc(-c2ccc(C=Cc3ccc(N(c4ccccc4)c4ccccc4)cc3)s2)cc1. The van der Waals surface area contributed by atoms with Gasteiger partial charge in [0.1, 0.15) is 12.1 Å². The van der Waals surface area contributed by atoms with Crippen molar-refractivity contribution in [1.29, 1.82) is 10.5 Å². The van der Waals surface area contributed by atoms with Gasteiger partial charge in [-0.05, 0) is 155 Å². The number of hydrogen-bond donors (Lipinski definition) is 0. The molecule has 0 aliphatic heterocycles. The number of benzene rings is 8. The average molecular weight is 1040 g/mol. The predicted molar refractivity (Wildman–Crippen MR) is 318 cm³/mol. The minimum atomic E-state index is -3.30. The number of para-hydroxylation sites is 4. The van der Waals surface area contributed by atoms with Gasteiger partial charge in [-0.25, -0.2) is 4.57 Å². The van der Waals surface area contributed by atoms with E-state index in [2.05, 4.69) is 155 Å². The Morgan fingerprint density at radius 2 is 0.671 bits per heavy atom. The van der Waals surface area contributed by atoms with Crippen molar-refractivity contribution in [3.8, 4) is 33.0 Å². The minimum absolute atomic E-state index is 0.195. The van der Waals surface area contributed by atoms with Gasteiger partial charge in [0.2, 0.25) is 11.5 Å². The van der Waals surface area contributed by atoms with Crippen LogP contribution in [0.2, 0.25) is 0 Å². The van der Waals surface area contributed by atoms with Gasteiger partial charge < -0.3 is 18.8 Å². The molecule has 0 N–H and O–H groups in total. The molecule has 2 heterocycles. The molecule has 76 heavy (non-hydrogen) atoms. The molecule has 0 fully saturated rings. The van der Waals surface area contributed by atoms with E-state index in [0.29, 0.717) is 11.1 Å². The molecule has 0 radical (unpaired) electrons. The van der Waals surface area contributed by atoms with Crippen LogP contribution >= 0.6 is 30.9 Å². The van der Waals surface area contributed by atoms with Crippen molar-refractivity contribution in [2.45, 2.75) is 0 Å². The van der Waals surface area contributed by atoms with Gasteiger partial charge in [0.15, 0.2) is 0 Å². The fraction of sp³-hybridized carbons (Fsp3) is 0. The van der Waals surface area contributed by atoms with Gasteiger partial charge >= 0.3 is 8.25 Å². The lowest BCUT2D eigenvalue weighted by molar-refractivity contribution is 0.335. The van der Waals surface area contributed by atoms with Crippen LogP contribution in [0, 0.1) is 22.7 Å². The zero-order valence-corrected chi connectivity index (χ0v) is 43.5. The van der Waals surface area contributed by atoms with Crippen molar-refractivity contribution in [3.05, 3.63) is 286 Å². The zero-order chi connectivity index (χ0) is 51.9. The number of rotatable bonds is 18. The van der Waals surface area contributed by atoms with Gasteiger partial charge in [0, 0.05) is 53.6 Å². The number of nitriles is 2. The molecule has 0 saturated carbocycles. The molecule has 7 nitrogen and oxygen atoms in total. The molecule has 10 rings (SSSR count). The quantitative estimate of drug-likeness (QED) is 0.0480. The number of nitrogens with zero attached hydrogens (tertiary/aromatic N) is 4. The zero-order valence-electron chi connectivity index (χ0n) is 40.9. The maximum absolute atomic E-state index is 13.0. The molecule has 0 spiro atoms. The van der Waals surface area contributed by atoms with Crippen molar-refractivity contribution in [2.75, 3.05) is 9.80 Å². The lowest BCUT2D eigenvalue weighted by Crippen LogP contribution is -2.09. The normalized spacial score (nSPS) is 12.0. The second kappa shape index (κ2) is 24.5. The monoisotopic (exact) mass is 1040 g/mol. The van der Waals surface area contributed by atoms with Crippen LogP contribution in [-0.2, 0) is 13.6 Å². The topological polar surface area (TPSA) is 89.6 Å². The summed E-state index contributed by atoms with van der Waals surface area (Å²) in [5.74, 6) is -0.389. The Labute approximate surface area is 452 Å². The smallest absolute Gasteiger partial charge is 0.407 e. The summed E-state index contributed by atoms with van der Waals surface area (Å²) in [6.45, 7) is 0. The summed E-state index contributed by atoms with van der Waals surface area (Å²) < 4.78 is 23.8. The van der Waals surface area contributed by atoms with Gasteiger partial charge in [0.25, 0.3) is 0 Å². The van der Waals surface area contributed by atoms with Crippen molar-refractivity contribution < 1.29 is 13.6 Å². The van der Waals surface area contributed by atoms with E-state index >= 15 is 0 Å². The summed E-state index contributed by atoms with van der Waals surface area (Å²) in [7, 11) is -3.30. The summed E-state index contributed by atoms with van der Waals surface area (Å²) in [6.07, 6.45) is 11.4. The van der Waals surface area contributed by atoms with Crippen molar-refractivity contribution in [3.63, 3.8) is 0 Å². The average Bonchev–Trinajstić information content (AvgIpc) is 4.18. The molecule has 0 bridgehead atoms. The lowest BCUT2D eigenvalue weighted by Gasteiger charge is -2.25. The number of anilines is 6. The fourth-order valence-electron chi connectivity index (χ4n) is 8.38. The molecule has 10 heteroatoms. The largest absolute Gasteiger partial charge is 0.420 e. The second-order valence-corrected chi connectivity index (χ2v) is 20.3. The van der Waals surface area contributed by atoms with Gasteiger partial charge in [-0.3, -0.25) is 0 Å². The fourth-order valence-corrected chi connectivity index (χ4v) is 10.8. The first kappa shape index (κ1) is 50.1. The Balaban J connectivity index is 0.715. The van der Waals surface area contributed by atoms with Crippen molar-refractivity contribution in [2.24, 2.45) is 0 Å². The van der Waals surface area contributed by atoms with Crippen molar-refractivity contribution >= 4 is 102 Å². The Morgan fingerprint density at radius 1 is 0.368 bits per heavy atom. The second-order valence-electron chi connectivity index (χ2n) is 17.2. The molecule has 0 unspecified atom stereocenters. The molecule has 0 atom stereocenters. The molecule has 0 saturated heterocycles. The van der Waals surface area contributed by atoms with Crippen LogP contribution in [0.25, 0.3) is 57.3 Å². The Kier molecular flexibility index (Phi) is 16.1. The van der Waals surface area contributed by atoms with Crippen LogP contribution < -0.4 is 9.80 Å². The number of hydrogen-bond acceptors (Lipinski definition) is 9. The molecule has 8 aromatic carbocycles. The van der Waals surface area contributed by atoms with E-state index in [-0.39, 0.29) is 11.5 Å². The highest BCUT2D eigenvalue weighted by Crippen LogP contribution is 2.38. The highest BCUT2D eigenvalue weighted by atomic mass is 32.1. The summed E-state index contributed by atoms with van der Waals surface area (Å²) >= 11 is 3.35. The van der Waals surface area contributed by atoms with Crippen LogP contribution in [0.5, 0.6) is 0 Å². The third kappa shape index (κ3) is 12.8. The molecule has 10 aromatic rings. The van der Waals surface area contributed by atoms with Crippen molar-refractivity contribution in [1.82, 2.24) is 0 Å². The first-order valence-electron chi connectivity index (χ1n) is 24.4. The first-order valence-corrected chi connectivity index (χ1v) is 27.2. The van der Waals surface area contributed by atoms with E-state index in [1.165, 1.54) is 12.2 Å². The van der Waals surface area contributed by atoms with Crippen LogP contribution in [-0.4, -0.2) is 0 Å². The van der Waals surface area contributed by atoms with E-state index < -0.39 is 8.25 Å². The van der Waals surface area contributed by atoms with Crippen LogP contribution in [0.3, 0.4) is 0 Å². The highest BCUT2D eigenvalue weighted by Gasteiger charge is 2.14. The van der Waals surface area contributed by atoms with Gasteiger partial charge in [0.05, 0.1) is 0 Å². The molecule has 0 aliphatic carbocycles. The van der Waals surface area contributed by atoms with Crippen LogP contribution in [0.4, 0.5) is 34.1 Å². The standard InChI is InChI=1S/C66H47N4O3PS2/c67-47-61(45-51-21-31-53(32-22-51)65-43-41-63(75-65)39-29-49-25-35-59(36-26-49)69(55-13-5-1-6-14-55)56-15-7-2-8-16-56)72-74(71)73-62(48-68)46-52-23-33-54(34-24-52)66-44-42-64(76-66)40-30-50-27-37-60(38-28-50)70(57-17-9-3-10-18-57)58-19-11-4-12-20-58/h1-46,74H. The van der Waals surface area contributed by atoms with Gasteiger partial charge in [-0.1, -0.05) is 158 Å². The summed E-state index contributed by atoms with van der Waals surface area (Å²) in [5.41, 5.74) is 12.1. The third-order valence-electron chi connectivity index (χ3n) is 12.1. The minimum Gasteiger partial charge on any atom is -0.407 e. The van der Waals surface area contributed by atoms with Crippen LogP contribution in [0.15, 0.2) is 254 Å². The summed E-state index contributed by atoms with van der Waals surface area (Å²) in [4.78, 5) is 8.88. The maximum Gasteiger partial charge on any atom is 0.420 e. The van der Waals surface area contributed by atoms with E-state index in [1.807, 2.05) is 133 Å². The van der Waals surface area contributed by atoms with E-state index in [4.69, 9.17) is 9.05 Å². The number of thiophene rings is 2. The van der Waals surface area contributed by atoms with Gasteiger partial charge in [-0.2, -0.15) is 10.5 Å². The van der Waals surface area contributed by atoms with E-state index in [9.17, 15) is 15.1 Å². The van der Waals surface area contributed by atoms with Crippen LogP contribution in [0.1, 0.15) is 32.0 Å². The summed E-state index contributed by atoms with van der Waals surface area (Å²) in [5, 5.41) is 19.7. The molecular weight excluding hydrogens is 992 g/mol. The predicted octanol–water partition coefficient (Wildman–Crippen LogP) is 19.3. The molecular formula is C66H47N4O3PS2. The molecule has 0 amide bonds. The molecule has 2 aromatic heterocycles. The molecule has 0 aliphatic rings. The first-order chi connectivity index (χ1) is 37.4. The molecule has 366 valence electrons. The lowest BCUT2D eigenvalue weighted by atomic mass is 10.1. The Morgan fingerprint density at radius 3 is 0.987 bits per heavy atom. The van der Waals surface area contributed by atoms with E-state index in [0.717, 1.165) is 75.9 Å². The number of allylic oxidation sites excluding steroid dienone is 2. The van der Waals surface area contributed by atoms with E-state index in [1.54, 1.807) is 22.7 Å². The highest BCUT2D eigenvalue weighted by molar-refractivity contribution is 7.33. The van der Waals surface area contributed by atoms with Gasteiger partial charge in [-0.15, -0.1) is 22.7 Å². The summed E-state index contributed by atoms with van der Waals surface area (Å²) in [6, 6.07) is 86.0. The Hall–Kier alpha value is -9.47.